The summed E-state index contributed by atoms with van der Waals surface area (Å²) in [4.78, 5) is 23.2. The lowest BCUT2D eigenvalue weighted by molar-refractivity contribution is -0.144. The van der Waals surface area contributed by atoms with Crippen LogP contribution in [0.4, 0.5) is 4.79 Å². The molecule has 116 valence electrons. The summed E-state index contributed by atoms with van der Waals surface area (Å²) in [6.45, 7) is 3.84. The fraction of sp³-hybridized carbons (Fsp3) is 0.467. The molecule has 1 rings (SSSR count). The Balaban J connectivity index is 2.53. The predicted molar refractivity (Wildman–Crippen MR) is 82.6 cm³/mol. The van der Waals surface area contributed by atoms with Crippen molar-refractivity contribution in [1.82, 2.24) is 0 Å². The van der Waals surface area contributed by atoms with Crippen LogP contribution in [0.15, 0.2) is 28.7 Å². The van der Waals surface area contributed by atoms with Crippen molar-refractivity contribution in [3.05, 3.63) is 34.3 Å². The molecule has 0 amide bonds. The van der Waals surface area contributed by atoms with Crippen molar-refractivity contribution in [3.63, 3.8) is 0 Å². The van der Waals surface area contributed by atoms with E-state index in [4.69, 9.17) is 10.5 Å². The number of unbranched alkanes of at least 4 members (excludes halogenated alkanes) is 1. The molecule has 0 spiro atoms. The van der Waals surface area contributed by atoms with Crippen LogP contribution in [0.5, 0.6) is 0 Å². The van der Waals surface area contributed by atoms with Crippen molar-refractivity contribution in [1.29, 1.82) is 0 Å². The molecule has 0 fully saturated rings. The zero-order valence-electron chi connectivity index (χ0n) is 12.2. The topological polar surface area (TPSA) is 78.6 Å². The van der Waals surface area contributed by atoms with E-state index in [-0.39, 0.29) is 6.61 Å². The predicted octanol–water partition coefficient (Wildman–Crippen LogP) is 3.56. The highest BCUT2D eigenvalue weighted by Crippen LogP contribution is 2.22. The van der Waals surface area contributed by atoms with E-state index >= 15 is 0 Å². The van der Waals surface area contributed by atoms with Gasteiger partial charge in [-0.3, -0.25) is 4.79 Å². The molecule has 2 unspecified atom stereocenters. The summed E-state index contributed by atoms with van der Waals surface area (Å²) in [5, 5.41) is 0. The number of ether oxygens (including phenoxy) is 2. The Bertz CT molecular complexity index is 475. The van der Waals surface area contributed by atoms with Crippen molar-refractivity contribution in [2.24, 2.45) is 11.7 Å². The first-order chi connectivity index (χ1) is 9.95. The molecule has 0 aliphatic heterocycles. The van der Waals surface area contributed by atoms with Crippen LogP contribution in [0.2, 0.25) is 0 Å². The Hall–Kier alpha value is -1.40. The van der Waals surface area contributed by atoms with Gasteiger partial charge in [-0.05, 0) is 24.1 Å². The van der Waals surface area contributed by atoms with Crippen molar-refractivity contribution in [2.45, 2.75) is 32.7 Å². The average molecular weight is 358 g/mol. The van der Waals surface area contributed by atoms with Gasteiger partial charge in [0.2, 0.25) is 0 Å². The highest BCUT2D eigenvalue weighted by Gasteiger charge is 2.26. The van der Waals surface area contributed by atoms with Crippen LogP contribution in [-0.4, -0.2) is 18.7 Å². The maximum Gasteiger partial charge on any atom is 0.516 e. The van der Waals surface area contributed by atoms with Crippen LogP contribution in [0, 0.1) is 5.92 Å². The van der Waals surface area contributed by atoms with Gasteiger partial charge in [0.1, 0.15) is 0 Å². The van der Waals surface area contributed by atoms with Gasteiger partial charge in [0.15, 0.2) is 0 Å². The van der Waals surface area contributed by atoms with Crippen molar-refractivity contribution >= 4 is 28.1 Å². The summed E-state index contributed by atoms with van der Waals surface area (Å²) in [6.07, 6.45) is 0.659. The second-order valence-electron chi connectivity index (χ2n) is 4.74. The van der Waals surface area contributed by atoms with Gasteiger partial charge in [0, 0.05) is 10.5 Å². The minimum absolute atomic E-state index is 0.246. The maximum atomic E-state index is 11.9. The normalized spacial score (nSPS) is 13.3. The van der Waals surface area contributed by atoms with Crippen molar-refractivity contribution < 1.29 is 19.1 Å². The lowest BCUT2D eigenvalue weighted by atomic mass is 9.96. The van der Waals surface area contributed by atoms with Crippen molar-refractivity contribution in [3.8, 4) is 0 Å². The summed E-state index contributed by atoms with van der Waals surface area (Å²) in [5.74, 6) is -1.34. The fourth-order valence-corrected chi connectivity index (χ4v) is 1.89. The molecule has 0 bridgehead atoms. The molecule has 2 atom stereocenters. The van der Waals surface area contributed by atoms with Crippen LogP contribution in [0.1, 0.15) is 38.3 Å². The molecule has 21 heavy (non-hydrogen) atoms. The molecule has 6 heteroatoms. The Morgan fingerprint density at radius 1 is 1.29 bits per heavy atom. The van der Waals surface area contributed by atoms with Gasteiger partial charge >= 0.3 is 12.1 Å². The van der Waals surface area contributed by atoms with E-state index in [0.29, 0.717) is 0 Å². The number of esters is 1. The van der Waals surface area contributed by atoms with Crippen LogP contribution in [0.25, 0.3) is 0 Å². The third-order valence-electron chi connectivity index (χ3n) is 3.07. The van der Waals surface area contributed by atoms with Crippen LogP contribution in [-0.2, 0) is 14.3 Å². The molecular weight excluding hydrogens is 338 g/mol. The van der Waals surface area contributed by atoms with E-state index in [1.807, 2.05) is 31.2 Å². The van der Waals surface area contributed by atoms with Gasteiger partial charge in [-0.25, -0.2) is 4.79 Å². The number of nitrogens with two attached hydrogens (primary N) is 1. The van der Waals surface area contributed by atoms with Crippen LogP contribution >= 0.6 is 15.9 Å². The molecule has 5 nitrogen and oxygen atoms in total. The second-order valence-corrected chi connectivity index (χ2v) is 5.65. The largest absolute Gasteiger partial charge is 0.516 e. The summed E-state index contributed by atoms with van der Waals surface area (Å²) in [6, 6.07) is 6.77. The smallest absolute Gasteiger partial charge is 0.434 e. The molecule has 0 aliphatic carbocycles. The van der Waals surface area contributed by atoms with E-state index in [9.17, 15) is 9.59 Å². The second kappa shape index (κ2) is 8.79. The number of hydrogen-bond acceptors (Lipinski definition) is 5. The van der Waals surface area contributed by atoms with Gasteiger partial charge < -0.3 is 15.2 Å². The molecule has 0 saturated carbocycles. The first-order valence-electron chi connectivity index (χ1n) is 6.85. The van der Waals surface area contributed by atoms with Gasteiger partial charge in [-0.2, -0.15) is 0 Å². The summed E-state index contributed by atoms with van der Waals surface area (Å²) in [7, 11) is 0. The molecule has 1 aromatic carbocycles. The lowest BCUT2D eigenvalue weighted by Gasteiger charge is -2.18. The van der Waals surface area contributed by atoms with E-state index in [1.165, 1.54) is 0 Å². The van der Waals surface area contributed by atoms with Crippen molar-refractivity contribution in [2.75, 3.05) is 6.61 Å². The van der Waals surface area contributed by atoms with Gasteiger partial charge in [-0.1, -0.05) is 48.3 Å². The quantitative estimate of drug-likeness (QED) is 0.478. The van der Waals surface area contributed by atoms with Gasteiger partial charge in [0.25, 0.3) is 0 Å². The SMILES string of the molecule is CCCCOC(=O)OC(=O)C(C)C(N)c1ccc(Br)cc1. The monoisotopic (exact) mass is 357 g/mol. The Labute approximate surface area is 132 Å². The molecule has 2 N–H and O–H groups in total. The van der Waals surface area contributed by atoms with Crippen LogP contribution in [0.3, 0.4) is 0 Å². The third-order valence-corrected chi connectivity index (χ3v) is 3.60. The molecule has 0 aliphatic rings. The highest BCUT2D eigenvalue weighted by molar-refractivity contribution is 9.10. The summed E-state index contributed by atoms with van der Waals surface area (Å²) in [5.41, 5.74) is 6.81. The molecular formula is C15H20BrNO4. The number of halogens is 1. The van der Waals surface area contributed by atoms with Gasteiger partial charge in [0.05, 0.1) is 12.5 Å². The Kier molecular flexibility index (Phi) is 7.39. The average Bonchev–Trinajstić information content (AvgIpc) is 2.46. The zero-order chi connectivity index (χ0) is 15.8. The molecule has 0 saturated heterocycles. The first-order valence-corrected chi connectivity index (χ1v) is 7.64. The zero-order valence-corrected chi connectivity index (χ0v) is 13.8. The minimum atomic E-state index is -0.969. The number of hydrogen-bond donors (Lipinski definition) is 1. The number of carbonyl (C=O) groups is 2. The summed E-state index contributed by atoms with van der Waals surface area (Å²) < 4.78 is 10.3. The van der Waals surface area contributed by atoms with E-state index in [2.05, 4.69) is 20.7 Å². The molecule has 0 heterocycles. The summed E-state index contributed by atoms with van der Waals surface area (Å²) >= 11 is 3.33. The Morgan fingerprint density at radius 2 is 1.90 bits per heavy atom. The lowest BCUT2D eigenvalue weighted by Crippen LogP contribution is -2.29. The minimum Gasteiger partial charge on any atom is -0.434 e. The number of carbonyl (C=O) groups excluding carboxylic acids is 2. The number of rotatable bonds is 6. The Morgan fingerprint density at radius 3 is 2.48 bits per heavy atom. The van der Waals surface area contributed by atoms with E-state index in [0.717, 1.165) is 22.9 Å². The van der Waals surface area contributed by atoms with Gasteiger partial charge in [-0.15, -0.1) is 0 Å². The first kappa shape index (κ1) is 17.7. The number of benzene rings is 1. The molecule has 1 aromatic rings. The standard InChI is InChI=1S/C15H20BrNO4/c1-3-4-9-20-15(19)21-14(18)10(2)13(17)11-5-7-12(16)8-6-11/h5-8,10,13H,3-4,9,17H2,1-2H3. The third kappa shape index (κ3) is 5.85. The van der Waals surface area contributed by atoms with Crippen LogP contribution < -0.4 is 5.73 Å². The van der Waals surface area contributed by atoms with E-state index < -0.39 is 24.1 Å². The molecule has 0 radical (unpaired) electrons. The maximum absolute atomic E-state index is 11.9. The fourth-order valence-electron chi connectivity index (χ4n) is 1.62. The highest BCUT2D eigenvalue weighted by atomic mass is 79.9. The van der Waals surface area contributed by atoms with E-state index in [1.54, 1.807) is 6.92 Å². The molecule has 0 aromatic heterocycles.